The minimum Gasteiger partial charge on any atom is -0.481 e. The summed E-state index contributed by atoms with van der Waals surface area (Å²) in [6.07, 6.45) is 5.41. The van der Waals surface area contributed by atoms with Crippen molar-refractivity contribution in [3.8, 4) is 17.1 Å². The van der Waals surface area contributed by atoms with E-state index in [9.17, 15) is 4.21 Å². The van der Waals surface area contributed by atoms with Crippen molar-refractivity contribution >= 4 is 37.9 Å². The van der Waals surface area contributed by atoms with Crippen LogP contribution in [0.2, 0.25) is 5.02 Å². The van der Waals surface area contributed by atoms with E-state index in [2.05, 4.69) is 14.9 Å². The number of H-pyrrole nitrogens is 1. The molecule has 27 heavy (non-hydrogen) atoms. The maximum Gasteiger partial charge on any atom is 0.215 e. The molecule has 142 valence electrons. The lowest BCUT2D eigenvalue weighted by atomic mass is 10.1. The van der Waals surface area contributed by atoms with Crippen molar-refractivity contribution < 1.29 is 8.95 Å². The Morgan fingerprint density at radius 1 is 1.30 bits per heavy atom. The number of aromatic nitrogens is 2. The molecule has 0 aliphatic carbocycles. The predicted octanol–water partition coefficient (Wildman–Crippen LogP) is 4.53. The van der Waals surface area contributed by atoms with Gasteiger partial charge in [-0.1, -0.05) is 11.6 Å². The zero-order valence-corrected chi connectivity index (χ0v) is 16.8. The minimum absolute atomic E-state index is 0.492. The Kier molecular flexibility index (Phi) is 4.52. The van der Waals surface area contributed by atoms with Crippen molar-refractivity contribution in [2.45, 2.75) is 17.7 Å². The van der Waals surface area contributed by atoms with Gasteiger partial charge in [0.2, 0.25) is 5.88 Å². The SMILES string of the molecule is COc1cc2[nH]c(-c3cc(S(C)(=N)=O)ccc3N3CCCC3)c(Cl)c2cn1. The minimum atomic E-state index is -2.84. The molecule has 8 heteroatoms. The first-order valence-corrected chi connectivity index (χ1v) is 11.1. The third-order valence-corrected chi connectivity index (χ3v) is 6.48. The second kappa shape index (κ2) is 6.73. The zero-order valence-electron chi connectivity index (χ0n) is 15.2. The number of halogens is 1. The summed E-state index contributed by atoms with van der Waals surface area (Å²) in [5, 5.41) is 1.36. The molecule has 4 rings (SSSR count). The van der Waals surface area contributed by atoms with Gasteiger partial charge in [0.15, 0.2) is 0 Å². The lowest BCUT2D eigenvalue weighted by Crippen LogP contribution is -2.18. The van der Waals surface area contributed by atoms with Crippen LogP contribution in [0, 0.1) is 4.78 Å². The molecule has 1 aliphatic rings. The largest absolute Gasteiger partial charge is 0.481 e. The van der Waals surface area contributed by atoms with Crippen molar-refractivity contribution in [1.82, 2.24) is 9.97 Å². The maximum atomic E-state index is 12.3. The summed E-state index contributed by atoms with van der Waals surface area (Å²) in [6, 6.07) is 7.36. The van der Waals surface area contributed by atoms with Gasteiger partial charge in [-0.2, -0.15) is 0 Å². The number of nitrogens with zero attached hydrogens (tertiary/aromatic N) is 2. The monoisotopic (exact) mass is 404 g/mol. The summed E-state index contributed by atoms with van der Waals surface area (Å²) >= 11 is 6.68. The Morgan fingerprint density at radius 2 is 2.04 bits per heavy atom. The molecule has 3 aromatic rings. The number of fused-ring (bicyclic) bond motifs is 1. The molecular weight excluding hydrogens is 384 g/mol. The number of methoxy groups -OCH3 is 1. The molecule has 0 radical (unpaired) electrons. The number of rotatable bonds is 4. The zero-order chi connectivity index (χ0) is 19.2. The van der Waals surface area contributed by atoms with E-state index in [-0.39, 0.29) is 0 Å². The summed E-state index contributed by atoms with van der Waals surface area (Å²) in [7, 11) is -1.26. The van der Waals surface area contributed by atoms with Gasteiger partial charge < -0.3 is 14.6 Å². The molecule has 3 heterocycles. The van der Waals surface area contributed by atoms with Crippen LogP contribution in [-0.2, 0) is 9.73 Å². The van der Waals surface area contributed by atoms with Gasteiger partial charge in [-0.15, -0.1) is 0 Å². The highest BCUT2D eigenvalue weighted by molar-refractivity contribution is 7.91. The molecule has 6 nitrogen and oxygen atoms in total. The number of hydrogen-bond donors (Lipinski definition) is 2. The first-order valence-electron chi connectivity index (χ1n) is 8.73. The smallest absolute Gasteiger partial charge is 0.215 e. The summed E-state index contributed by atoms with van der Waals surface area (Å²) in [5.74, 6) is 0.503. The average molecular weight is 405 g/mol. The molecule has 1 aliphatic heterocycles. The van der Waals surface area contributed by atoms with Crippen LogP contribution in [0.1, 0.15) is 12.8 Å². The Morgan fingerprint density at radius 3 is 2.70 bits per heavy atom. The van der Waals surface area contributed by atoms with E-state index in [1.54, 1.807) is 25.4 Å². The van der Waals surface area contributed by atoms with E-state index >= 15 is 0 Å². The van der Waals surface area contributed by atoms with Crippen molar-refractivity contribution in [3.63, 3.8) is 0 Å². The highest BCUT2D eigenvalue weighted by Gasteiger charge is 2.22. The fourth-order valence-corrected chi connectivity index (χ4v) is 4.50. The number of ether oxygens (including phenoxy) is 1. The molecule has 2 N–H and O–H groups in total. The molecule has 0 spiro atoms. The molecule has 2 aromatic heterocycles. The first kappa shape index (κ1) is 18.1. The van der Waals surface area contributed by atoms with Gasteiger partial charge in [0, 0.05) is 53.1 Å². The van der Waals surface area contributed by atoms with Gasteiger partial charge in [-0.3, -0.25) is 0 Å². The van der Waals surface area contributed by atoms with Gasteiger partial charge >= 0.3 is 0 Å². The molecule has 0 amide bonds. The van der Waals surface area contributed by atoms with Gasteiger partial charge in [-0.25, -0.2) is 14.0 Å². The fourth-order valence-electron chi connectivity index (χ4n) is 3.53. The summed E-state index contributed by atoms with van der Waals surface area (Å²) < 4.78 is 25.5. The van der Waals surface area contributed by atoms with Crippen molar-refractivity contribution in [2.24, 2.45) is 0 Å². The third-order valence-electron chi connectivity index (χ3n) is 4.94. The highest BCUT2D eigenvalue weighted by Crippen LogP contribution is 2.41. The number of nitrogens with one attached hydrogen (secondary N) is 2. The predicted molar refractivity (Wildman–Crippen MR) is 110 cm³/mol. The van der Waals surface area contributed by atoms with Gasteiger partial charge in [0.05, 0.1) is 33.1 Å². The maximum absolute atomic E-state index is 12.3. The van der Waals surface area contributed by atoms with E-state index in [1.165, 1.54) is 6.26 Å². The van der Waals surface area contributed by atoms with Crippen molar-refractivity contribution in [2.75, 3.05) is 31.4 Å². The van der Waals surface area contributed by atoms with E-state index in [1.807, 2.05) is 12.1 Å². The molecule has 1 fully saturated rings. The highest BCUT2D eigenvalue weighted by atomic mass is 35.5. The topological polar surface area (TPSA) is 82.1 Å². The fraction of sp³-hybridized carbons (Fsp3) is 0.316. The van der Waals surface area contributed by atoms with Crippen molar-refractivity contribution in [1.29, 1.82) is 4.78 Å². The molecular formula is C19H21ClN4O2S. The van der Waals surface area contributed by atoms with E-state index in [4.69, 9.17) is 21.1 Å². The second-order valence-corrected chi connectivity index (χ2v) is 9.34. The number of hydrogen-bond acceptors (Lipinski definition) is 5. The van der Waals surface area contributed by atoms with E-state index in [0.717, 1.165) is 53.8 Å². The number of pyridine rings is 1. The number of aromatic amines is 1. The molecule has 1 atom stereocenters. The first-order chi connectivity index (χ1) is 12.9. The van der Waals surface area contributed by atoms with Crippen LogP contribution in [0.15, 0.2) is 35.4 Å². The lowest BCUT2D eigenvalue weighted by Gasteiger charge is -2.22. The lowest BCUT2D eigenvalue weighted by molar-refractivity contribution is 0.398. The van der Waals surface area contributed by atoms with Crippen molar-refractivity contribution in [3.05, 3.63) is 35.5 Å². The van der Waals surface area contributed by atoms with E-state index in [0.29, 0.717) is 15.8 Å². The van der Waals surface area contributed by atoms with Gasteiger partial charge in [0.25, 0.3) is 0 Å². The summed E-state index contributed by atoms with van der Waals surface area (Å²) in [4.78, 5) is 10.4. The van der Waals surface area contributed by atoms with Gasteiger partial charge in [0.1, 0.15) is 0 Å². The van der Waals surface area contributed by atoms with Crippen LogP contribution in [0.25, 0.3) is 22.2 Å². The molecule has 0 saturated carbocycles. The van der Waals surface area contributed by atoms with Crippen LogP contribution < -0.4 is 9.64 Å². The quantitative estimate of drug-likeness (QED) is 0.669. The van der Waals surface area contributed by atoms with E-state index < -0.39 is 9.73 Å². The number of anilines is 1. The number of benzene rings is 1. The third kappa shape index (κ3) is 3.26. The van der Waals surface area contributed by atoms with Gasteiger partial charge in [-0.05, 0) is 31.0 Å². The van der Waals surface area contributed by atoms with Crippen LogP contribution in [0.3, 0.4) is 0 Å². The Hall–Kier alpha value is -2.25. The molecule has 1 saturated heterocycles. The standard InChI is InChI=1S/C19H21ClN4O2S/c1-26-17-10-15-14(11-22-17)18(20)19(23-15)13-9-12(27(2,21)25)5-6-16(13)24-7-3-4-8-24/h5-6,9-11,21,23H,3-4,7-8H2,1-2H3. The summed E-state index contributed by atoms with van der Waals surface area (Å²) in [5.41, 5.74) is 3.46. The Labute approximate surface area is 163 Å². The van der Waals surface area contributed by atoms with Crippen LogP contribution in [-0.4, -0.2) is 40.6 Å². The average Bonchev–Trinajstić information content (AvgIpc) is 3.28. The molecule has 1 aromatic carbocycles. The second-order valence-electron chi connectivity index (χ2n) is 6.80. The summed E-state index contributed by atoms with van der Waals surface area (Å²) in [6.45, 7) is 1.95. The van der Waals surface area contributed by atoms with Crippen LogP contribution in [0.4, 0.5) is 5.69 Å². The van der Waals surface area contributed by atoms with Crippen LogP contribution in [0.5, 0.6) is 5.88 Å². The van der Waals surface area contributed by atoms with Crippen LogP contribution >= 0.6 is 11.6 Å². The Balaban J connectivity index is 1.95. The Bertz CT molecular complexity index is 1120. The molecule has 1 unspecified atom stereocenters. The molecule has 0 bridgehead atoms. The normalized spacial score (nSPS) is 16.6.